The number of pyridine rings is 2. The number of rotatable bonds is 1. The third kappa shape index (κ3) is 1.71. The molecule has 1 N–H and O–H groups in total. The number of aryl methyl sites for hydroxylation is 1. The van der Waals surface area contributed by atoms with E-state index in [1.165, 1.54) is 0 Å². The molecule has 0 aliphatic carbocycles. The molecular formula is C12H9N3O. The summed E-state index contributed by atoms with van der Waals surface area (Å²) in [6, 6.07) is 5.41. The fourth-order valence-corrected chi connectivity index (χ4v) is 1.51. The molecular weight excluding hydrogens is 202 g/mol. The van der Waals surface area contributed by atoms with Crippen LogP contribution in [0.1, 0.15) is 5.56 Å². The Balaban J connectivity index is 2.63. The number of nitrogens with one attached hydrogen (secondary N) is 1. The van der Waals surface area contributed by atoms with Gasteiger partial charge in [-0.25, -0.2) is 4.85 Å². The molecule has 0 aromatic carbocycles. The Morgan fingerprint density at radius 1 is 1.38 bits per heavy atom. The van der Waals surface area contributed by atoms with Crippen LogP contribution in [0.25, 0.3) is 16.1 Å². The van der Waals surface area contributed by atoms with Gasteiger partial charge in [-0.2, -0.15) is 0 Å². The summed E-state index contributed by atoms with van der Waals surface area (Å²) in [6.45, 7) is 8.65. The molecule has 2 rings (SSSR count). The van der Waals surface area contributed by atoms with Crippen LogP contribution in [0.3, 0.4) is 0 Å². The van der Waals surface area contributed by atoms with Crippen LogP contribution in [0.5, 0.6) is 0 Å². The lowest BCUT2D eigenvalue weighted by Gasteiger charge is -2.03. The highest BCUT2D eigenvalue weighted by atomic mass is 16.1. The van der Waals surface area contributed by atoms with E-state index in [1.54, 1.807) is 25.4 Å². The van der Waals surface area contributed by atoms with Crippen molar-refractivity contribution in [1.82, 2.24) is 9.97 Å². The normalized spacial score (nSPS) is 9.75. The van der Waals surface area contributed by atoms with Crippen molar-refractivity contribution < 1.29 is 0 Å². The van der Waals surface area contributed by atoms with E-state index in [0.717, 1.165) is 5.56 Å². The van der Waals surface area contributed by atoms with Crippen molar-refractivity contribution in [3.63, 3.8) is 0 Å². The van der Waals surface area contributed by atoms with Gasteiger partial charge in [0.25, 0.3) is 11.2 Å². The van der Waals surface area contributed by atoms with E-state index in [9.17, 15) is 4.79 Å². The van der Waals surface area contributed by atoms with E-state index < -0.39 is 0 Å². The van der Waals surface area contributed by atoms with Crippen LogP contribution in [0.4, 0.5) is 5.69 Å². The number of H-pyrrole nitrogens is 1. The maximum Gasteiger partial charge on any atom is 0.254 e. The molecule has 2 aromatic heterocycles. The van der Waals surface area contributed by atoms with E-state index >= 15 is 0 Å². The van der Waals surface area contributed by atoms with E-state index in [0.29, 0.717) is 11.3 Å². The first-order valence-corrected chi connectivity index (χ1v) is 4.74. The van der Waals surface area contributed by atoms with E-state index in [-0.39, 0.29) is 11.2 Å². The van der Waals surface area contributed by atoms with E-state index in [4.69, 9.17) is 6.57 Å². The summed E-state index contributed by atoms with van der Waals surface area (Å²) in [5, 5.41) is 0. The van der Waals surface area contributed by atoms with Crippen LogP contribution in [0.15, 0.2) is 35.4 Å². The van der Waals surface area contributed by atoms with Crippen molar-refractivity contribution in [2.24, 2.45) is 0 Å². The minimum Gasteiger partial charge on any atom is -0.331 e. The fraction of sp³-hybridized carbons (Fsp3) is 0.0833. The maximum absolute atomic E-state index is 11.6. The molecule has 78 valence electrons. The van der Waals surface area contributed by atoms with Gasteiger partial charge in [0.15, 0.2) is 0 Å². The third-order valence-corrected chi connectivity index (χ3v) is 2.30. The number of hydrogen-bond acceptors (Lipinski definition) is 2. The van der Waals surface area contributed by atoms with Crippen LogP contribution in [-0.2, 0) is 0 Å². The summed E-state index contributed by atoms with van der Waals surface area (Å²) >= 11 is 0. The molecule has 0 aliphatic heterocycles. The average molecular weight is 211 g/mol. The molecule has 2 heterocycles. The highest BCUT2D eigenvalue weighted by Crippen LogP contribution is 2.19. The van der Waals surface area contributed by atoms with Crippen molar-refractivity contribution in [3.8, 4) is 11.3 Å². The molecule has 0 amide bonds. The molecule has 0 unspecified atom stereocenters. The molecule has 2 aromatic rings. The minimum absolute atomic E-state index is 0.151. The van der Waals surface area contributed by atoms with Gasteiger partial charge in [0.05, 0.1) is 6.57 Å². The van der Waals surface area contributed by atoms with Gasteiger partial charge in [0.2, 0.25) is 0 Å². The molecule has 0 saturated heterocycles. The first-order valence-electron chi connectivity index (χ1n) is 4.74. The number of hydrogen-bond donors (Lipinski definition) is 1. The predicted molar refractivity (Wildman–Crippen MR) is 61.3 cm³/mol. The maximum atomic E-state index is 11.6. The largest absolute Gasteiger partial charge is 0.331 e. The summed E-state index contributed by atoms with van der Waals surface area (Å²) < 4.78 is 0. The first-order chi connectivity index (χ1) is 7.72. The number of nitrogens with zero attached hydrogens (tertiary/aromatic N) is 2. The Hall–Kier alpha value is -2.41. The van der Waals surface area contributed by atoms with Crippen molar-refractivity contribution in [1.29, 1.82) is 0 Å². The molecule has 4 nitrogen and oxygen atoms in total. The van der Waals surface area contributed by atoms with Crippen molar-refractivity contribution in [2.75, 3.05) is 0 Å². The van der Waals surface area contributed by atoms with Crippen LogP contribution < -0.4 is 5.56 Å². The third-order valence-electron chi connectivity index (χ3n) is 2.30. The van der Waals surface area contributed by atoms with Crippen LogP contribution in [-0.4, -0.2) is 9.97 Å². The van der Waals surface area contributed by atoms with Gasteiger partial charge in [-0.3, -0.25) is 9.78 Å². The van der Waals surface area contributed by atoms with Crippen molar-refractivity contribution >= 4 is 5.69 Å². The topological polar surface area (TPSA) is 50.1 Å². The number of aromatic amines is 1. The second-order valence-electron chi connectivity index (χ2n) is 3.39. The molecule has 0 saturated carbocycles. The van der Waals surface area contributed by atoms with Crippen LogP contribution in [0, 0.1) is 13.5 Å². The lowest BCUT2D eigenvalue weighted by Crippen LogP contribution is -2.07. The lowest BCUT2D eigenvalue weighted by atomic mass is 10.1. The van der Waals surface area contributed by atoms with Crippen molar-refractivity contribution in [2.45, 2.75) is 6.92 Å². The van der Waals surface area contributed by atoms with Crippen LogP contribution in [0.2, 0.25) is 0 Å². The summed E-state index contributed by atoms with van der Waals surface area (Å²) in [5.74, 6) is 0. The molecule has 0 spiro atoms. The Bertz CT molecular complexity index is 608. The SMILES string of the molecule is [C-]#[N+]c1c(C)cc(-c2ccncc2)[nH]c1=O. The van der Waals surface area contributed by atoms with E-state index in [1.807, 2.05) is 12.1 Å². The van der Waals surface area contributed by atoms with Gasteiger partial charge in [0.1, 0.15) is 0 Å². The van der Waals surface area contributed by atoms with Gasteiger partial charge < -0.3 is 4.98 Å². The highest BCUT2D eigenvalue weighted by Gasteiger charge is 2.06. The lowest BCUT2D eigenvalue weighted by molar-refractivity contribution is 1.22. The molecule has 0 aliphatic rings. The molecule has 4 heteroatoms. The second kappa shape index (κ2) is 3.99. The zero-order valence-electron chi connectivity index (χ0n) is 8.69. The smallest absolute Gasteiger partial charge is 0.254 e. The summed E-state index contributed by atoms with van der Waals surface area (Å²) in [7, 11) is 0. The van der Waals surface area contributed by atoms with E-state index in [2.05, 4.69) is 14.8 Å². The fourth-order valence-electron chi connectivity index (χ4n) is 1.51. The van der Waals surface area contributed by atoms with Gasteiger partial charge >= 0.3 is 0 Å². The van der Waals surface area contributed by atoms with Gasteiger partial charge in [-0.1, -0.05) is 0 Å². The summed E-state index contributed by atoms with van der Waals surface area (Å²) in [5.41, 5.74) is 2.08. The molecule has 0 fully saturated rings. The molecule has 0 atom stereocenters. The zero-order valence-corrected chi connectivity index (χ0v) is 8.69. The molecule has 0 bridgehead atoms. The monoisotopic (exact) mass is 211 g/mol. The van der Waals surface area contributed by atoms with Crippen molar-refractivity contribution in [3.05, 3.63) is 57.9 Å². The Morgan fingerprint density at radius 3 is 2.62 bits per heavy atom. The highest BCUT2D eigenvalue weighted by molar-refractivity contribution is 5.63. The first kappa shape index (κ1) is 10.1. The Labute approximate surface area is 92.4 Å². The Kier molecular flexibility index (Phi) is 2.52. The summed E-state index contributed by atoms with van der Waals surface area (Å²) in [4.78, 5) is 21.4. The van der Waals surface area contributed by atoms with Gasteiger partial charge in [-0.05, 0) is 30.7 Å². The second-order valence-corrected chi connectivity index (χ2v) is 3.39. The standard InChI is InChI=1S/C12H9N3O/c1-8-7-10(9-3-5-14-6-4-9)15-12(16)11(8)13-2/h3-7H,1H3,(H,15,16). The Morgan fingerprint density at radius 2 is 2.06 bits per heavy atom. The average Bonchev–Trinajstić information content (AvgIpc) is 2.30. The molecule has 0 radical (unpaired) electrons. The number of aromatic nitrogens is 2. The minimum atomic E-state index is -0.346. The van der Waals surface area contributed by atoms with Gasteiger partial charge in [0, 0.05) is 23.7 Å². The predicted octanol–water partition coefficient (Wildman–Crippen LogP) is 2.30. The zero-order chi connectivity index (χ0) is 11.5. The quantitative estimate of drug-likeness (QED) is 0.736. The summed E-state index contributed by atoms with van der Waals surface area (Å²) in [6.07, 6.45) is 3.32. The molecule has 16 heavy (non-hydrogen) atoms. The van der Waals surface area contributed by atoms with Gasteiger partial charge in [-0.15, -0.1) is 0 Å². The van der Waals surface area contributed by atoms with Crippen LogP contribution >= 0.6 is 0 Å².